The third-order valence-corrected chi connectivity index (χ3v) is 6.31. The smallest absolute Gasteiger partial charge is 0.202 e. The maximum Gasteiger partial charge on any atom is 0.202 e. The molecule has 1 heterocycles. The third kappa shape index (κ3) is 4.68. The highest BCUT2D eigenvalue weighted by Crippen LogP contribution is 2.43. The number of aldehydes is 1. The number of carbonyl (C=O) groups excluding carboxylic acids is 1. The first-order chi connectivity index (χ1) is 16.5. The maximum absolute atomic E-state index is 11.4. The van der Waals surface area contributed by atoms with Crippen molar-refractivity contribution in [1.29, 1.82) is 5.26 Å². The van der Waals surface area contributed by atoms with E-state index in [4.69, 9.17) is 14.6 Å². The first kappa shape index (κ1) is 23.9. The molecule has 0 fully saturated rings. The zero-order valence-electron chi connectivity index (χ0n) is 19.7. The van der Waals surface area contributed by atoms with Crippen LogP contribution in [0.3, 0.4) is 0 Å². The number of aliphatic hydroxyl groups is 1. The summed E-state index contributed by atoms with van der Waals surface area (Å²) >= 11 is 0. The van der Waals surface area contributed by atoms with E-state index in [2.05, 4.69) is 22.5 Å². The molecular weight excluding hydrogens is 432 g/mol. The van der Waals surface area contributed by atoms with Crippen molar-refractivity contribution >= 4 is 12.1 Å². The number of fused-ring (bicyclic) bond motifs is 1. The predicted octanol–water partition coefficient (Wildman–Crippen LogP) is 3.05. The Morgan fingerprint density at radius 3 is 2.91 bits per heavy atom. The van der Waals surface area contributed by atoms with Crippen LogP contribution < -0.4 is 10.2 Å². The number of aliphatic hydroxyl groups excluding tert-OH is 1. The Kier molecular flexibility index (Phi) is 7.27. The van der Waals surface area contributed by atoms with Gasteiger partial charge in [-0.05, 0) is 56.5 Å². The number of likely N-dealkylation sites (N-methyl/N-ethyl adjacent to an activating group) is 1. The number of rotatable bonds is 9. The molecule has 0 amide bonds. The van der Waals surface area contributed by atoms with Gasteiger partial charge in [0, 0.05) is 30.1 Å². The Hall–Kier alpha value is -3.25. The number of aliphatic imine (C=N–C) groups is 1. The van der Waals surface area contributed by atoms with E-state index >= 15 is 0 Å². The van der Waals surface area contributed by atoms with Gasteiger partial charge in [-0.1, -0.05) is 24.3 Å². The summed E-state index contributed by atoms with van der Waals surface area (Å²) < 4.78 is 5.71. The van der Waals surface area contributed by atoms with Crippen LogP contribution in [-0.4, -0.2) is 48.4 Å². The fraction of sp³-hybridized carbons (Fsp3) is 0.423. The molecule has 8 nitrogen and oxygen atoms in total. The van der Waals surface area contributed by atoms with E-state index in [0.717, 1.165) is 35.0 Å². The van der Waals surface area contributed by atoms with Gasteiger partial charge < -0.3 is 14.6 Å². The molecule has 0 aromatic heterocycles. The van der Waals surface area contributed by atoms with E-state index in [-0.39, 0.29) is 24.7 Å². The number of carbonyl (C=O) groups is 1. The Morgan fingerprint density at radius 2 is 2.21 bits per heavy atom. The average Bonchev–Trinajstić information content (AvgIpc) is 3.44. The zero-order valence-corrected chi connectivity index (χ0v) is 19.7. The molecule has 0 saturated heterocycles. The van der Waals surface area contributed by atoms with Crippen molar-refractivity contribution in [2.75, 3.05) is 20.2 Å². The number of hydroxylamine groups is 1. The standard InChI is InChI=1S/C26H30N4O4/c1-16(2)33-23-8-7-18(13-19(23)15-27)26-28-25(29-34-26)21-6-4-5-20-22(21)14-17(9-11-31)24(20)30(3)10-12-32/h4-8,11,13,16-17,24,26,32H,9-10,12,14H2,1-3H3,(H,28,29). The lowest BCUT2D eigenvalue weighted by molar-refractivity contribution is -0.109. The van der Waals surface area contributed by atoms with Crippen LogP contribution in [0.5, 0.6) is 5.75 Å². The summed E-state index contributed by atoms with van der Waals surface area (Å²) in [4.78, 5) is 24.0. The van der Waals surface area contributed by atoms with Gasteiger partial charge in [-0.3, -0.25) is 4.90 Å². The Bertz CT molecular complexity index is 1120. The molecule has 1 aliphatic heterocycles. The van der Waals surface area contributed by atoms with Gasteiger partial charge in [-0.15, -0.1) is 0 Å². The first-order valence-corrected chi connectivity index (χ1v) is 11.5. The van der Waals surface area contributed by atoms with Crippen LogP contribution >= 0.6 is 0 Å². The van der Waals surface area contributed by atoms with Crippen LogP contribution in [0.25, 0.3) is 0 Å². The molecule has 2 N–H and O–H groups in total. The number of hydrogen-bond acceptors (Lipinski definition) is 8. The summed E-state index contributed by atoms with van der Waals surface area (Å²) in [6.45, 7) is 4.43. The van der Waals surface area contributed by atoms with Crippen LogP contribution in [0.2, 0.25) is 0 Å². The van der Waals surface area contributed by atoms with Crippen molar-refractivity contribution in [3.63, 3.8) is 0 Å². The Labute approximate surface area is 199 Å². The van der Waals surface area contributed by atoms with Gasteiger partial charge in [-0.25, -0.2) is 15.3 Å². The molecule has 2 aromatic rings. The second-order valence-electron chi connectivity index (χ2n) is 8.97. The summed E-state index contributed by atoms with van der Waals surface area (Å²) in [6, 6.07) is 13.7. The predicted molar refractivity (Wildman–Crippen MR) is 127 cm³/mol. The number of hydrogen-bond donors (Lipinski definition) is 2. The van der Waals surface area contributed by atoms with E-state index in [0.29, 0.717) is 30.1 Å². The monoisotopic (exact) mass is 462 g/mol. The third-order valence-electron chi connectivity index (χ3n) is 6.31. The normalized spacial score (nSPS) is 21.2. The maximum atomic E-state index is 11.4. The lowest BCUT2D eigenvalue weighted by atomic mass is 9.96. The molecule has 2 aromatic carbocycles. The highest BCUT2D eigenvalue weighted by molar-refractivity contribution is 6.00. The molecular formula is C26H30N4O4. The summed E-state index contributed by atoms with van der Waals surface area (Å²) in [5.74, 6) is 1.30. The van der Waals surface area contributed by atoms with Gasteiger partial charge in [0.15, 0.2) is 5.84 Å². The minimum absolute atomic E-state index is 0.0320. The second kappa shape index (κ2) is 10.3. The van der Waals surface area contributed by atoms with Crippen molar-refractivity contribution in [2.45, 2.75) is 45.1 Å². The van der Waals surface area contributed by atoms with E-state index < -0.39 is 6.23 Å². The number of nitriles is 1. The fourth-order valence-electron chi connectivity index (χ4n) is 4.88. The molecule has 0 saturated carbocycles. The topological polar surface area (TPSA) is 107 Å². The quantitative estimate of drug-likeness (QED) is 0.552. The van der Waals surface area contributed by atoms with Gasteiger partial charge in [-0.2, -0.15) is 5.26 Å². The highest BCUT2D eigenvalue weighted by Gasteiger charge is 2.37. The fourth-order valence-corrected chi connectivity index (χ4v) is 4.88. The number of ether oxygens (including phenoxy) is 1. The van der Waals surface area contributed by atoms with Gasteiger partial charge in [0.1, 0.15) is 18.1 Å². The van der Waals surface area contributed by atoms with Crippen LogP contribution in [0.4, 0.5) is 0 Å². The van der Waals surface area contributed by atoms with Gasteiger partial charge >= 0.3 is 0 Å². The molecule has 0 radical (unpaired) electrons. The van der Waals surface area contributed by atoms with E-state index in [1.165, 1.54) is 0 Å². The minimum Gasteiger partial charge on any atom is -0.490 e. The van der Waals surface area contributed by atoms with E-state index in [1.54, 1.807) is 12.1 Å². The van der Waals surface area contributed by atoms with Crippen molar-refractivity contribution in [3.8, 4) is 11.8 Å². The zero-order chi connectivity index (χ0) is 24.2. The number of amidine groups is 1. The van der Waals surface area contributed by atoms with E-state index in [1.807, 2.05) is 39.1 Å². The summed E-state index contributed by atoms with van der Waals surface area (Å²) in [7, 11) is 1.98. The molecule has 3 atom stereocenters. The lowest BCUT2D eigenvalue weighted by Crippen LogP contribution is -2.30. The van der Waals surface area contributed by atoms with Crippen LogP contribution in [0.1, 0.15) is 60.4 Å². The molecule has 0 spiro atoms. The van der Waals surface area contributed by atoms with Gasteiger partial charge in [0.05, 0.1) is 18.3 Å². The molecule has 4 rings (SSSR count). The van der Waals surface area contributed by atoms with Crippen LogP contribution in [0, 0.1) is 17.2 Å². The van der Waals surface area contributed by atoms with Crippen molar-refractivity contribution in [2.24, 2.45) is 10.9 Å². The largest absolute Gasteiger partial charge is 0.490 e. The summed E-state index contributed by atoms with van der Waals surface area (Å²) in [5.41, 5.74) is 7.38. The van der Waals surface area contributed by atoms with Crippen molar-refractivity contribution < 1.29 is 19.5 Å². The summed E-state index contributed by atoms with van der Waals surface area (Å²) in [5, 5.41) is 19.0. The molecule has 2 aliphatic rings. The van der Waals surface area contributed by atoms with Gasteiger partial charge in [0.2, 0.25) is 6.23 Å². The average molecular weight is 463 g/mol. The first-order valence-electron chi connectivity index (χ1n) is 11.5. The molecule has 178 valence electrons. The molecule has 34 heavy (non-hydrogen) atoms. The molecule has 1 aliphatic carbocycles. The van der Waals surface area contributed by atoms with E-state index in [9.17, 15) is 15.2 Å². The van der Waals surface area contributed by atoms with Crippen LogP contribution in [0.15, 0.2) is 41.4 Å². The van der Waals surface area contributed by atoms with Gasteiger partial charge in [0.25, 0.3) is 0 Å². The van der Waals surface area contributed by atoms with Crippen LogP contribution in [-0.2, 0) is 16.1 Å². The lowest BCUT2D eigenvalue weighted by Gasteiger charge is -2.29. The second-order valence-corrected chi connectivity index (χ2v) is 8.97. The minimum atomic E-state index is -0.592. The molecule has 0 bridgehead atoms. The summed E-state index contributed by atoms with van der Waals surface area (Å²) in [6.07, 6.45) is 1.55. The highest BCUT2D eigenvalue weighted by atomic mass is 16.7. The SMILES string of the molecule is CC(C)Oc1ccc(C2N=C(c3cccc4c3CC(CC=O)C4N(C)CCO)NO2)cc1C#N. The Balaban J connectivity index is 1.64. The number of nitrogens with zero attached hydrogens (tertiary/aromatic N) is 3. The Morgan fingerprint density at radius 1 is 1.38 bits per heavy atom. The van der Waals surface area contributed by atoms with Crippen molar-refractivity contribution in [3.05, 3.63) is 64.2 Å². The molecule has 3 unspecified atom stereocenters. The molecule has 8 heteroatoms. The number of benzene rings is 2. The van der Waals surface area contributed by atoms with Crippen molar-refractivity contribution in [1.82, 2.24) is 10.4 Å². The number of nitrogens with one attached hydrogen (secondary N) is 1.